The Morgan fingerprint density at radius 1 is 0.903 bits per heavy atom. The highest BCUT2D eigenvalue weighted by Gasteiger charge is 2.14. The molecule has 0 radical (unpaired) electrons. The molecular weight excluding hydrogens is 400 g/mol. The van der Waals surface area contributed by atoms with Crippen LogP contribution in [0.2, 0.25) is 0 Å². The number of hydrogen-bond acceptors (Lipinski definition) is 3. The first-order valence-electron chi connectivity index (χ1n) is 11.0. The molecule has 1 saturated heterocycles. The zero-order chi connectivity index (χ0) is 21.5. The van der Waals surface area contributed by atoms with Gasteiger partial charge in [0.2, 0.25) is 0 Å². The Bertz CT molecular complexity index is 993. The molecule has 1 aliphatic rings. The summed E-state index contributed by atoms with van der Waals surface area (Å²) in [6, 6.07) is 25.0. The summed E-state index contributed by atoms with van der Waals surface area (Å²) in [5, 5.41) is 3.10. The van der Waals surface area contributed by atoms with Crippen molar-refractivity contribution in [3.05, 3.63) is 101 Å². The minimum atomic E-state index is -0.0197. The predicted octanol–water partition coefficient (Wildman–Crippen LogP) is 5.81. The normalized spacial score (nSPS) is 14.0. The predicted molar refractivity (Wildman–Crippen MR) is 129 cm³/mol. The topological polar surface area (TPSA) is 32.3 Å². The van der Waals surface area contributed by atoms with Crippen LogP contribution in [0.25, 0.3) is 0 Å². The minimum Gasteiger partial charge on any atom is -0.348 e. The van der Waals surface area contributed by atoms with Gasteiger partial charge in [0.15, 0.2) is 0 Å². The first-order valence-corrected chi connectivity index (χ1v) is 12.0. The van der Waals surface area contributed by atoms with Gasteiger partial charge in [-0.05, 0) is 73.8 Å². The number of carbonyl (C=O) groups excluding carboxylic acids is 1. The van der Waals surface area contributed by atoms with Crippen LogP contribution in [0.1, 0.15) is 45.5 Å². The van der Waals surface area contributed by atoms with Crippen LogP contribution in [0.4, 0.5) is 0 Å². The van der Waals surface area contributed by atoms with E-state index in [0.29, 0.717) is 12.1 Å². The Morgan fingerprint density at radius 3 is 2.29 bits per heavy atom. The van der Waals surface area contributed by atoms with Crippen LogP contribution in [0, 0.1) is 6.92 Å². The molecule has 160 valence electrons. The summed E-state index contributed by atoms with van der Waals surface area (Å²) in [4.78, 5) is 16.4. The number of amides is 1. The average Bonchev–Trinajstić information content (AvgIpc) is 3.31. The monoisotopic (exact) mass is 430 g/mol. The van der Waals surface area contributed by atoms with Crippen molar-refractivity contribution in [3.8, 4) is 0 Å². The SMILES string of the molecule is Cc1ccc(SCc2ccc(C(=O)NCc3ccccc3CN3CCCC3)cc2)cc1. The van der Waals surface area contributed by atoms with E-state index in [1.54, 1.807) is 0 Å². The number of thioether (sulfide) groups is 1. The van der Waals surface area contributed by atoms with E-state index in [-0.39, 0.29) is 5.91 Å². The summed E-state index contributed by atoms with van der Waals surface area (Å²) >= 11 is 1.81. The summed E-state index contributed by atoms with van der Waals surface area (Å²) < 4.78 is 0. The average molecular weight is 431 g/mol. The maximum absolute atomic E-state index is 12.7. The lowest BCUT2D eigenvalue weighted by Crippen LogP contribution is -2.25. The van der Waals surface area contributed by atoms with Crippen LogP contribution in [-0.4, -0.2) is 23.9 Å². The van der Waals surface area contributed by atoms with E-state index in [0.717, 1.165) is 12.3 Å². The fourth-order valence-electron chi connectivity index (χ4n) is 3.90. The highest BCUT2D eigenvalue weighted by atomic mass is 32.2. The molecule has 0 aliphatic carbocycles. The van der Waals surface area contributed by atoms with Gasteiger partial charge < -0.3 is 5.32 Å². The van der Waals surface area contributed by atoms with Gasteiger partial charge in [0.25, 0.3) is 5.91 Å². The second-order valence-electron chi connectivity index (χ2n) is 8.23. The van der Waals surface area contributed by atoms with E-state index in [2.05, 4.69) is 77.8 Å². The van der Waals surface area contributed by atoms with Crippen molar-refractivity contribution < 1.29 is 4.79 Å². The lowest BCUT2D eigenvalue weighted by molar-refractivity contribution is 0.0950. The molecule has 1 heterocycles. The van der Waals surface area contributed by atoms with Crippen molar-refractivity contribution in [1.29, 1.82) is 0 Å². The quantitative estimate of drug-likeness (QED) is 0.458. The highest BCUT2D eigenvalue weighted by Crippen LogP contribution is 2.23. The number of benzene rings is 3. The first kappa shape index (κ1) is 21.7. The zero-order valence-electron chi connectivity index (χ0n) is 18.1. The molecule has 4 heteroatoms. The second-order valence-corrected chi connectivity index (χ2v) is 9.28. The van der Waals surface area contributed by atoms with Crippen LogP contribution in [0.3, 0.4) is 0 Å². The van der Waals surface area contributed by atoms with Gasteiger partial charge >= 0.3 is 0 Å². The maximum Gasteiger partial charge on any atom is 0.251 e. The molecule has 3 nitrogen and oxygen atoms in total. The van der Waals surface area contributed by atoms with Crippen molar-refractivity contribution in [2.75, 3.05) is 13.1 Å². The number of hydrogen-bond donors (Lipinski definition) is 1. The molecule has 0 atom stereocenters. The number of likely N-dealkylation sites (tertiary alicyclic amines) is 1. The summed E-state index contributed by atoms with van der Waals surface area (Å²) in [6.45, 7) is 5.99. The molecule has 3 aromatic carbocycles. The third-order valence-electron chi connectivity index (χ3n) is 5.79. The van der Waals surface area contributed by atoms with E-state index in [1.165, 1.54) is 53.1 Å². The van der Waals surface area contributed by atoms with Gasteiger partial charge in [-0.15, -0.1) is 11.8 Å². The fourth-order valence-corrected chi connectivity index (χ4v) is 4.75. The Hall–Kier alpha value is -2.56. The molecule has 3 aromatic rings. The van der Waals surface area contributed by atoms with Crippen molar-refractivity contribution in [2.45, 2.75) is 43.5 Å². The van der Waals surface area contributed by atoms with E-state index < -0.39 is 0 Å². The summed E-state index contributed by atoms with van der Waals surface area (Å²) in [5.74, 6) is 0.878. The van der Waals surface area contributed by atoms with E-state index >= 15 is 0 Å². The maximum atomic E-state index is 12.7. The fraction of sp³-hybridized carbons (Fsp3) is 0.296. The number of nitrogens with zero attached hydrogens (tertiary/aromatic N) is 1. The van der Waals surface area contributed by atoms with Crippen LogP contribution in [0.5, 0.6) is 0 Å². The van der Waals surface area contributed by atoms with E-state index in [1.807, 2.05) is 23.9 Å². The van der Waals surface area contributed by atoms with Crippen molar-refractivity contribution >= 4 is 17.7 Å². The van der Waals surface area contributed by atoms with Crippen molar-refractivity contribution in [1.82, 2.24) is 10.2 Å². The third kappa shape index (κ3) is 6.22. The van der Waals surface area contributed by atoms with Crippen LogP contribution >= 0.6 is 11.8 Å². The standard InChI is InChI=1S/C27H30N2OS/c1-21-8-14-26(15-9-21)31-20-22-10-12-23(13-11-22)27(30)28-18-24-6-2-3-7-25(24)19-29-16-4-5-17-29/h2-3,6-15H,4-5,16-20H2,1H3,(H,28,30). The molecule has 1 N–H and O–H groups in total. The number of aryl methyl sites for hydroxylation is 1. The molecular formula is C27H30N2OS. The molecule has 31 heavy (non-hydrogen) atoms. The van der Waals surface area contributed by atoms with Gasteiger partial charge in [-0.2, -0.15) is 0 Å². The summed E-state index contributed by atoms with van der Waals surface area (Å²) in [5.41, 5.74) is 5.72. The van der Waals surface area contributed by atoms with Gasteiger partial charge in [-0.3, -0.25) is 9.69 Å². The van der Waals surface area contributed by atoms with Crippen molar-refractivity contribution in [3.63, 3.8) is 0 Å². The van der Waals surface area contributed by atoms with Gasteiger partial charge in [0, 0.05) is 29.3 Å². The van der Waals surface area contributed by atoms with E-state index in [9.17, 15) is 4.79 Å². The highest BCUT2D eigenvalue weighted by molar-refractivity contribution is 7.98. The Morgan fingerprint density at radius 2 is 1.58 bits per heavy atom. The smallest absolute Gasteiger partial charge is 0.251 e. The molecule has 4 rings (SSSR count). The molecule has 0 aromatic heterocycles. The van der Waals surface area contributed by atoms with Crippen LogP contribution in [-0.2, 0) is 18.8 Å². The lowest BCUT2D eigenvalue weighted by Gasteiger charge is -2.17. The minimum absolute atomic E-state index is 0.0197. The largest absolute Gasteiger partial charge is 0.348 e. The Labute approximate surface area is 189 Å². The molecule has 0 unspecified atom stereocenters. The number of nitrogens with one attached hydrogen (secondary N) is 1. The summed E-state index contributed by atoms with van der Waals surface area (Å²) in [6.07, 6.45) is 2.58. The van der Waals surface area contributed by atoms with Gasteiger partial charge in [-0.25, -0.2) is 0 Å². The van der Waals surface area contributed by atoms with Crippen LogP contribution in [0.15, 0.2) is 77.7 Å². The van der Waals surface area contributed by atoms with Crippen molar-refractivity contribution in [2.24, 2.45) is 0 Å². The molecule has 0 spiro atoms. The van der Waals surface area contributed by atoms with Gasteiger partial charge in [0.1, 0.15) is 0 Å². The lowest BCUT2D eigenvalue weighted by atomic mass is 10.1. The Kier molecular flexibility index (Phi) is 7.44. The molecule has 0 bridgehead atoms. The molecule has 1 aliphatic heterocycles. The molecule has 1 fully saturated rings. The van der Waals surface area contributed by atoms with Gasteiger partial charge in [0.05, 0.1) is 0 Å². The second kappa shape index (κ2) is 10.7. The summed E-state index contributed by atoms with van der Waals surface area (Å²) in [7, 11) is 0. The first-order chi connectivity index (χ1) is 15.2. The van der Waals surface area contributed by atoms with Crippen LogP contribution < -0.4 is 5.32 Å². The number of carbonyl (C=O) groups is 1. The Balaban J connectivity index is 1.30. The van der Waals surface area contributed by atoms with Gasteiger partial charge in [-0.1, -0.05) is 54.1 Å². The zero-order valence-corrected chi connectivity index (χ0v) is 19.0. The number of rotatable bonds is 8. The molecule has 0 saturated carbocycles. The molecule has 1 amide bonds. The van der Waals surface area contributed by atoms with E-state index in [4.69, 9.17) is 0 Å². The third-order valence-corrected chi connectivity index (χ3v) is 6.88.